The summed E-state index contributed by atoms with van der Waals surface area (Å²) in [6, 6.07) is 7.71. The molecule has 118 valence electrons. The van der Waals surface area contributed by atoms with Crippen LogP contribution in [0.4, 0.5) is 0 Å². The number of thiazole rings is 1. The first-order chi connectivity index (χ1) is 11.2. The lowest BCUT2D eigenvalue weighted by atomic mass is 10.2. The van der Waals surface area contributed by atoms with Crippen LogP contribution in [-0.2, 0) is 16.1 Å². The summed E-state index contributed by atoms with van der Waals surface area (Å²) in [6.45, 7) is 2.17. The maximum atomic E-state index is 11.9. The molecule has 0 radical (unpaired) electrons. The molecule has 0 saturated carbocycles. The topological polar surface area (TPSA) is 77.0 Å². The highest BCUT2D eigenvalue weighted by Crippen LogP contribution is 2.21. The predicted molar refractivity (Wildman–Crippen MR) is 87.9 cm³/mol. The van der Waals surface area contributed by atoms with Crippen LogP contribution in [0.5, 0.6) is 0 Å². The summed E-state index contributed by atoms with van der Waals surface area (Å²) < 4.78 is 6.57. The van der Waals surface area contributed by atoms with Crippen molar-refractivity contribution in [3.05, 3.63) is 53.6 Å². The molecule has 1 N–H and O–H groups in total. The van der Waals surface area contributed by atoms with Gasteiger partial charge < -0.3 is 10.1 Å². The van der Waals surface area contributed by atoms with Gasteiger partial charge in [-0.05, 0) is 19.1 Å². The zero-order valence-electron chi connectivity index (χ0n) is 12.6. The summed E-state index contributed by atoms with van der Waals surface area (Å²) in [5.74, 6) is -0.190. The minimum absolute atomic E-state index is 0.0134. The number of nitrogens with one attached hydrogen (secondary N) is 1. The van der Waals surface area contributed by atoms with E-state index in [9.17, 15) is 4.79 Å². The van der Waals surface area contributed by atoms with Crippen molar-refractivity contribution in [2.75, 3.05) is 6.61 Å². The largest absolute Gasteiger partial charge is 0.364 e. The molecule has 0 spiro atoms. The average molecular weight is 328 g/mol. The number of ether oxygens (including phenoxy) is 1. The summed E-state index contributed by atoms with van der Waals surface area (Å²) in [7, 11) is 0. The van der Waals surface area contributed by atoms with Crippen LogP contribution in [0, 0.1) is 0 Å². The number of nitrogens with zero attached hydrogens (tertiary/aromatic N) is 3. The number of carbonyl (C=O) groups is 1. The van der Waals surface area contributed by atoms with Crippen LogP contribution in [0.15, 0.2) is 42.9 Å². The Kier molecular flexibility index (Phi) is 4.89. The smallest absolute Gasteiger partial charge is 0.246 e. The molecular weight excluding hydrogens is 312 g/mol. The molecule has 0 aliphatic heterocycles. The second-order valence-corrected chi connectivity index (χ2v) is 6.10. The third kappa shape index (κ3) is 4.08. The fraction of sp³-hybridized carbons (Fsp3) is 0.250. The number of rotatable bonds is 6. The Morgan fingerprint density at radius 1 is 1.35 bits per heavy atom. The average Bonchev–Trinajstić information content (AvgIpc) is 2.98. The third-order valence-corrected chi connectivity index (χ3v) is 4.21. The van der Waals surface area contributed by atoms with Crippen LogP contribution in [0.25, 0.3) is 10.2 Å². The van der Waals surface area contributed by atoms with Gasteiger partial charge in [0.15, 0.2) is 0 Å². The molecule has 3 rings (SSSR count). The Morgan fingerprint density at radius 3 is 3.00 bits per heavy atom. The molecule has 2 aromatic heterocycles. The standard InChI is InChI=1S/C16H16N4O2S/c1-11(13-8-17-6-7-18-13)19-15(21)9-22-10-16-20-12-4-2-3-5-14(12)23-16/h2-8,11H,9-10H2,1H3,(H,19,21). The van der Waals surface area contributed by atoms with Crippen LogP contribution >= 0.6 is 11.3 Å². The second-order valence-electron chi connectivity index (χ2n) is 4.99. The van der Waals surface area contributed by atoms with E-state index in [-0.39, 0.29) is 18.6 Å². The fourth-order valence-electron chi connectivity index (χ4n) is 2.10. The minimum atomic E-state index is -0.206. The number of aromatic nitrogens is 3. The van der Waals surface area contributed by atoms with Gasteiger partial charge in [0, 0.05) is 12.4 Å². The molecule has 0 aliphatic rings. The predicted octanol–water partition coefficient (Wildman–Crippen LogP) is 2.48. The number of benzene rings is 1. The number of carbonyl (C=O) groups excluding carboxylic acids is 1. The van der Waals surface area contributed by atoms with E-state index in [0.717, 1.165) is 15.2 Å². The molecular formula is C16H16N4O2S. The summed E-state index contributed by atoms with van der Waals surface area (Å²) in [4.78, 5) is 24.5. The number of para-hydroxylation sites is 1. The third-order valence-electron chi connectivity index (χ3n) is 3.20. The first-order valence-corrected chi connectivity index (χ1v) is 8.01. The first kappa shape index (κ1) is 15.5. The molecule has 7 heteroatoms. The molecule has 6 nitrogen and oxygen atoms in total. The van der Waals surface area contributed by atoms with Crippen molar-refractivity contribution in [1.29, 1.82) is 0 Å². The monoisotopic (exact) mass is 328 g/mol. The zero-order valence-corrected chi connectivity index (χ0v) is 13.4. The summed E-state index contributed by atoms with van der Waals surface area (Å²) in [5, 5.41) is 3.69. The Bertz CT molecular complexity index is 758. The van der Waals surface area contributed by atoms with E-state index in [4.69, 9.17) is 4.74 Å². The lowest BCUT2D eigenvalue weighted by Gasteiger charge is -2.12. The molecule has 1 unspecified atom stereocenters. The Morgan fingerprint density at radius 2 is 2.22 bits per heavy atom. The van der Waals surface area contributed by atoms with Crippen molar-refractivity contribution < 1.29 is 9.53 Å². The fourth-order valence-corrected chi connectivity index (χ4v) is 3.01. The van der Waals surface area contributed by atoms with Crippen molar-refractivity contribution in [3.8, 4) is 0 Å². The molecule has 1 atom stereocenters. The van der Waals surface area contributed by atoms with Crippen molar-refractivity contribution >= 4 is 27.5 Å². The molecule has 2 heterocycles. The minimum Gasteiger partial charge on any atom is -0.364 e. The van der Waals surface area contributed by atoms with Crippen LogP contribution in [0.1, 0.15) is 23.7 Å². The van der Waals surface area contributed by atoms with Crippen LogP contribution in [0.3, 0.4) is 0 Å². The van der Waals surface area contributed by atoms with Gasteiger partial charge in [0.05, 0.1) is 34.8 Å². The molecule has 0 fully saturated rings. The lowest BCUT2D eigenvalue weighted by molar-refractivity contribution is -0.126. The van der Waals surface area contributed by atoms with Crippen LogP contribution in [-0.4, -0.2) is 27.5 Å². The Hall–Kier alpha value is -2.38. The zero-order chi connectivity index (χ0) is 16.1. The Balaban J connectivity index is 1.47. The summed E-state index contributed by atoms with van der Waals surface area (Å²) >= 11 is 1.57. The number of amides is 1. The summed E-state index contributed by atoms with van der Waals surface area (Å²) in [6.07, 6.45) is 4.83. The van der Waals surface area contributed by atoms with Gasteiger partial charge in [0.1, 0.15) is 11.6 Å². The van der Waals surface area contributed by atoms with Gasteiger partial charge in [-0.15, -0.1) is 11.3 Å². The van der Waals surface area contributed by atoms with Crippen molar-refractivity contribution in [3.63, 3.8) is 0 Å². The van der Waals surface area contributed by atoms with E-state index in [1.807, 2.05) is 31.2 Å². The maximum Gasteiger partial charge on any atom is 0.246 e. The molecule has 1 aromatic carbocycles. The van der Waals surface area contributed by atoms with Crippen molar-refractivity contribution in [2.24, 2.45) is 0 Å². The van der Waals surface area contributed by atoms with E-state index < -0.39 is 0 Å². The first-order valence-electron chi connectivity index (χ1n) is 7.20. The van der Waals surface area contributed by atoms with E-state index in [2.05, 4.69) is 20.3 Å². The van der Waals surface area contributed by atoms with E-state index in [1.54, 1.807) is 29.9 Å². The second kappa shape index (κ2) is 7.26. The SMILES string of the molecule is CC(NC(=O)COCc1nc2ccccc2s1)c1cnccn1. The van der Waals surface area contributed by atoms with E-state index in [0.29, 0.717) is 12.3 Å². The van der Waals surface area contributed by atoms with Gasteiger partial charge in [-0.2, -0.15) is 0 Å². The highest BCUT2D eigenvalue weighted by Gasteiger charge is 2.11. The van der Waals surface area contributed by atoms with Crippen LogP contribution in [0.2, 0.25) is 0 Å². The molecule has 3 aromatic rings. The lowest BCUT2D eigenvalue weighted by Crippen LogP contribution is -2.30. The Labute approximate surface area is 137 Å². The number of hydrogen-bond acceptors (Lipinski definition) is 6. The van der Waals surface area contributed by atoms with Gasteiger partial charge in [-0.3, -0.25) is 14.8 Å². The molecule has 1 amide bonds. The molecule has 0 bridgehead atoms. The molecule has 0 saturated heterocycles. The molecule has 0 aliphatic carbocycles. The summed E-state index contributed by atoms with van der Waals surface area (Å²) in [5.41, 5.74) is 1.67. The number of hydrogen-bond donors (Lipinski definition) is 1. The normalized spacial score (nSPS) is 12.2. The highest BCUT2D eigenvalue weighted by atomic mass is 32.1. The van der Waals surface area contributed by atoms with Gasteiger partial charge in [-0.1, -0.05) is 12.1 Å². The molecule has 23 heavy (non-hydrogen) atoms. The van der Waals surface area contributed by atoms with Gasteiger partial charge >= 0.3 is 0 Å². The maximum absolute atomic E-state index is 11.9. The van der Waals surface area contributed by atoms with Gasteiger partial charge in [0.2, 0.25) is 5.91 Å². The van der Waals surface area contributed by atoms with Crippen molar-refractivity contribution in [1.82, 2.24) is 20.3 Å². The highest BCUT2D eigenvalue weighted by molar-refractivity contribution is 7.18. The quantitative estimate of drug-likeness (QED) is 0.752. The van der Waals surface area contributed by atoms with E-state index in [1.165, 1.54) is 0 Å². The van der Waals surface area contributed by atoms with Crippen molar-refractivity contribution in [2.45, 2.75) is 19.6 Å². The van der Waals surface area contributed by atoms with Gasteiger partial charge in [-0.25, -0.2) is 4.98 Å². The van der Waals surface area contributed by atoms with E-state index >= 15 is 0 Å². The van der Waals surface area contributed by atoms with Gasteiger partial charge in [0.25, 0.3) is 0 Å². The number of fused-ring (bicyclic) bond motifs is 1. The van der Waals surface area contributed by atoms with Crippen LogP contribution < -0.4 is 5.32 Å².